The molecule has 174 valence electrons. The van der Waals surface area contributed by atoms with E-state index in [1.807, 2.05) is 13.0 Å². The molecular formula is C27H38NO3P. The Morgan fingerprint density at radius 1 is 1.19 bits per heavy atom. The summed E-state index contributed by atoms with van der Waals surface area (Å²) in [5.74, 6) is -0.0802. The number of hydrogen-bond donors (Lipinski definition) is 3. The van der Waals surface area contributed by atoms with E-state index in [1.54, 1.807) is 6.08 Å². The number of aliphatic hydroxyl groups excluding tert-OH is 3. The smallest absolute Gasteiger partial charge is 0.0876 e. The first kappa shape index (κ1) is 26.1. The average molecular weight is 456 g/mol. The highest BCUT2D eigenvalue weighted by Gasteiger charge is 2.22. The highest BCUT2D eigenvalue weighted by molar-refractivity contribution is 7.27. The summed E-state index contributed by atoms with van der Waals surface area (Å²) in [6.45, 7) is 12.0. The Balaban J connectivity index is 2.60. The van der Waals surface area contributed by atoms with Crippen molar-refractivity contribution in [3.05, 3.63) is 71.8 Å². The molecule has 3 atom stereocenters. The maximum atomic E-state index is 10.5. The van der Waals surface area contributed by atoms with E-state index in [9.17, 15) is 15.3 Å². The van der Waals surface area contributed by atoms with Crippen LogP contribution in [0, 0.1) is 0 Å². The van der Waals surface area contributed by atoms with Gasteiger partial charge in [-0.2, -0.15) is 0 Å². The zero-order valence-corrected chi connectivity index (χ0v) is 20.9. The van der Waals surface area contributed by atoms with Crippen LogP contribution >= 0.6 is 9.24 Å². The summed E-state index contributed by atoms with van der Waals surface area (Å²) >= 11 is 0. The van der Waals surface area contributed by atoms with Crippen LogP contribution in [-0.4, -0.2) is 32.1 Å². The third-order valence-corrected chi connectivity index (χ3v) is 5.92. The zero-order valence-electron chi connectivity index (χ0n) is 19.8. The Morgan fingerprint density at radius 2 is 1.84 bits per heavy atom. The largest absolute Gasteiger partial charge is 0.513 e. The summed E-state index contributed by atoms with van der Waals surface area (Å²) in [6.07, 6.45) is 8.28. The predicted molar refractivity (Wildman–Crippen MR) is 140 cm³/mol. The summed E-state index contributed by atoms with van der Waals surface area (Å²) in [5.41, 5.74) is 6.02. The van der Waals surface area contributed by atoms with Gasteiger partial charge >= 0.3 is 0 Å². The van der Waals surface area contributed by atoms with Gasteiger partial charge in [0.2, 0.25) is 0 Å². The lowest BCUT2D eigenvalue weighted by Crippen LogP contribution is -2.16. The van der Waals surface area contributed by atoms with E-state index in [2.05, 4.69) is 77.6 Å². The Bertz CT molecular complexity index is 954. The minimum atomic E-state index is -0.838. The van der Waals surface area contributed by atoms with Crippen LogP contribution in [0.4, 0.5) is 0 Å². The molecule has 0 saturated heterocycles. The standard InChI is InChI=1S/C27H38NO3P/c1-6-8-9-25-24(7-2)27(20-10-13-23(32)14-11-20)26(28(25)18(3)4)15-12-21(30)17-22(31)16-19(5)29/h6,8,10-15,18,21-22,29-31H,5,7,9,16-17,32H2,1-4H3/b8-6-,15-12+. The molecule has 1 aromatic carbocycles. The summed E-state index contributed by atoms with van der Waals surface area (Å²) in [6, 6.07) is 8.73. The van der Waals surface area contributed by atoms with Crippen molar-refractivity contribution < 1.29 is 15.3 Å². The van der Waals surface area contributed by atoms with Gasteiger partial charge in [-0.15, -0.1) is 9.24 Å². The van der Waals surface area contributed by atoms with Crippen molar-refractivity contribution in [3.63, 3.8) is 0 Å². The molecule has 0 bridgehead atoms. The summed E-state index contributed by atoms with van der Waals surface area (Å²) in [5, 5.41) is 31.0. The molecule has 0 fully saturated rings. The van der Waals surface area contributed by atoms with Gasteiger partial charge < -0.3 is 19.9 Å². The minimum Gasteiger partial charge on any atom is -0.513 e. The summed E-state index contributed by atoms with van der Waals surface area (Å²) in [7, 11) is 2.73. The second-order valence-corrected chi connectivity index (χ2v) is 9.15. The molecule has 0 spiro atoms. The van der Waals surface area contributed by atoms with Gasteiger partial charge in [0.25, 0.3) is 0 Å². The fourth-order valence-electron chi connectivity index (χ4n) is 4.18. The molecule has 0 saturated carbocycles. The molecule has 5 heteroatoms. The molecule has 0 amide bonds. The minimum absolute atomic E-state index is 0.0629. The third kappa shape index (κ3) is 6.68. The Morgan fingerprint density at radius 3 is 2.38 bits per heavy atom. The van der Waals surface area contributed by atoms with Gasteiger partial charge in [-0.1, -0.05) is 56.0 Å². The van der Waals surface area contributed by atoms with Gasteiger partial charge in [-0.25, -0.2) is 0 Å². The van der Waals surface area contributed by atoms with Crippen LogP contribution in [0.15, 0.2) is 54.8 Å². The number of rotatable bonds is 11. The highest BCUT2D eigenvalue weighted by Crippen LogP contribution is 2.37. The number of hydrogen-bond acceptors (Lipinski definition) is 3. The topological polar surface area (TPSA) is 65.6 Å². The SMILES string of the molecule is C=C(O)CC(O)CC(O)/C=C/c1c(-c2ccc(P)cc2)c(CC)c(C/C=C\C)n1C(C)C. The molecule has 32 heavy (non-hydrogen) atoms. The first-order valence-electron chi connectivity index (χ1n) is 11.3. The zero-order chi connectivity index (χ0) is 23.8. The van der Waals surface area contributed by atoms with Crippen LogP contribution in [0.1, 0.15) is 63.5 Å². The first-order valence-corrected chi connectivity index (χ1v) is 11.9. The first-order chi connectivity index (χ1) is 15.2. The summed E-state index contributed by atoms with van der Waals surface area (Å²) in [4.78, 5) is 0. The number of aromatic nitrogens is 1. The van der Waals surface area contributed by atoms with Gasteiger partial charge in [-0.3, -0.25) is 0 Å². The van der Waals surface area contributed by atoms with E-state index >= 15 is 0 Å². The molecule has 2 rings (SSSR count). The lowest BCUT2D eigenvalue weighted by atomic mass is 9.97. The molecule has 3 unspecified atom stereocenters. The fraction of sp³-hybridized carbons (Fsp3) is 0.407. The van der Waals surface area contributed by atoms with Gasteiger partial charge in [-0.05, 0) is 49.7 Å². The molecule has 1 aromatic heterocycles. The van der Waals surface area contributed by atoms with Crippen LogP contribution in [0.3, 0.4) is 0 Å². The Labute approximate surface area is 195 Å². The van der Waals surface area contributed by atoms with E-state index < -0.39 is 12.2 Å². The number of benzene rings is 1. The van der Waals surface area contributed by atoms with E-state index in [1.165, 1.54) is 16.8 Å². The van der Waals surface area contributed by atoms with Crippen LogP contribution in [0.2, 0.25) is 0 Å². The second-order valence-electron chi connectivity index (χ2n) is 8.48. The molecule has 0 aliphatic rings. The number of allylic oxidation sites excluding steroid dienone is 2. The lowest BCUT2D eigenvalue weighted by molar-refractivity contribution is 0.0965. The predicted octanol–water partition coefficient (Wildman–Crippen LogP) is 5.50. The van der Waals surface area contributed by atoms with Gasteiger partial charge in [0.1, 0.15) is 0 Å². The van der Waals surface area contributed by atoms with E-state index in [4.69, 9.17) is 0 Å². The summed E-state index contributed by atoms with van der Waals surface area (Å²) < 4.78 is 2.36. The van der Waals surface area contributed by atoms with Crippen molar-refractivity contribution >= 4 is 20.6 Å². The maximum Gasteiger partial charge on any atom is 0.0876 e. The van der Waals surface area contributed by atoms with E-state index in [0.29, 0.717) is 0 Å². The van der Waals surface area contributed by atoms with Gasteiger partial charge in [0.15, 0.2) is 0 Å². The molecule has 2 aromatic rings. The van der Waals surface area contributed by atoms with Crippen LogP contribution in [-0.2, 0) is 12.8 Å². The van der Waals surface area contributed by atoms with Crippen LogP contribution in [0.5, 0.6) is 0 Å². The lowest BCUT2D eigenvalue weighted by Gasteiger charge is -2.17. The Kier molecular flexibility index (Phi) is 9.96. The van der Waals surface area contributed by atoms with E-state index in [-0.39, 0.29) is 24.6 Å². The van der Waals surface area contributed by atoms with Crippen LogP contribution < -0.4 is 5.30 Å². The molecule has 0 aliphatic carbocycles. The number of nitrogens with zero attached hydrogens (tertiary/aromatic N) is 1. The quantitative estimate of drug-likeness (QED) is 0.238. The average Bonchev–Trinajstić information content (AvgIpc) is 3.03. The molecule has 0 aliphatic heterocycles. The Hall–Kier alpha value is -2.13. The highest BCUT2D eigenvalue weighted by atomic mass is 31.0. The third-order valence-electron chi connectivity index (χ3n) is 5.53. The normalized spacial score (nSPS) is 14.0. The molecular weight excluding hydrogens is 417 g/mol. The van der Waals surface area contributed by atoms with Crippen molar-refractivity contribution in [2.75, 3.05) is 0 Å². The van der Waals surface area contributed by atoms with Crippen molar-refractivity contribution in [2.45, 2.75) is 71.6 Å². The van der Waals surface area contributed by atoms with Gasteiger partial charge in [0.05, 0.1) is 18.0 Å². The van der Waals surface area contributed by atoms with Gasteiger partial charge in [0, 0.05) is 42.3 Å². The second kappa shape index (κ2) is 12.2. The number of aliphatic hydroxyl groups is 3. The van der Waals surface area contributed by atoms with Crippen molar-refractivity contribution in [3.8, 4) is 11.1 Å². The van der Waals surface area contributed by atoms with Crippen molar-refractivity contribution in [1.29, 1.82) is 0 Å². The fourth-order valence-corrected chi connectivity index (χ4v) is 4.37. The molecule has 3 N–H and O–H groups in total. The van der Waals surface area contributed by atoms with Crippen LogP contribution in [0.25, 0.3) is 17.2 Å². The van der Waals surface area contributed by atoms with Crippen molar-refractivity contribution in [2.24, 2.45) is 0 Å². The molecule has 1 heterocycles. The van der Waals surface area contributed by atoms with E-state index in [0.717, 1.165) is 29.4 Å². The monoisotopic (exact) mass is 455 g/mol. The molecule has 0 radical (unpaired) electrons. The molecule has 4 nitrogen and oxygen atoms in total. The maximum absolute atomic E-state index is 10.5. The van der Waals surface area contributed by atoms with Crippen molar-refractivity contribution in [1.82, 2.24) is 4.57 Å².